The summed E-state index contributed by atoms with van der Waals surface area (Å²) in [6.45, 7) is 2.75. The van der Waals surface area contributed by atoms with Crippen molar-refractivity contribution in [3.8, 4) is 5.75 Å². The summed E-state index contributed by atoms with van der Waals surface area (Å²) < 4.78 is 7.99. The number of ether oxygens (including phenoxy) is 1. The molecule has 0 unspecified atom stereocenters. The van der Waals surface area contributed by atoms with Gasteiger partial charge in [0.15, 0.2) is 5.52 Å². The van der Waals surface area contributed by atoms with Crippen LogP contribution in [0.2, 0.25) is 0 Å². The lowest BCUT2D eigenvalue weighted by Crippen LogP contribution is -2.40. The normalized spacial score (nSPS) is 10.9. The summed E-state index contributed by atoms with van der Waals surface area (Å²) in [4.78, 5) is 29.7. The fraction of sp³-hybridized carbons (Fsp3) is 0.278. The summed E-state index contributed by atoms with van der Waals surface area (Å²) in [5.41, 5.74) is 1.09. The highest BCUT2D eigenvalue weighted by Gasteiger charge is 2.13. The number of nitrogens with zero attached hydrogens (tertiary/aromatic N) is 3. The summed E-state index contributed by atoms with van der Waals surface area (Å²) in [6.07, 6.45) is 2.37. The molecule has 6 nitrogen and oxygen atoms in total. The van der Waals surface area contributed by atoms with Crippen LogP contribution in [0.1, 0.15) is 18.9 Å². The first kappa shape index (κ1) is 16.0. The lowest BCUT2D eigenvalue weighted by Gasteiger charge is -2.13. The predicted octanol–water partition coefficient (Wildman–Crippen LogP) is 2.03. The Labute approximate surface area is 139 Å². The number of pyridine rings is 1. The predicted molar refractivity (Wildman–Crippen MR) is 92.7 cm³/mol. The average molecular weight is 325 g/mol. The maximum absolute atomic E-state index is 12.8. The molecule has 0 aliphatic heterocycles. The highest BCUT2D eigenvalue weighted by Crippen LogP contribution is 2.12. The molecule has 0 spiro atoms. The molecule has 0 amide bonds. The lowest BCUT2D eigenvalue weighted by atomic mass is 10.2. The molecule has 0 saturated carbocycles. The zero-order valence-electron chi connectivity index (χ0n) is 13.7. The van der Waals surface area contributed by atoms with Crippen molar-refractivity contribution in [1.29, 1.82) is 0 Å². The number of hydrogen-bond acceptors (Lipinski definition) is 4. The van der Waals surface area contributed by atoms with Crippen LogP contribution < -0.4 is 16.0 Å². The van der Waals surface area contributed by atoms with E-state index in [1.54, 1.807) is 30.0 Å². The molecule has 0 bridgehead atoms. The van der Waals surface area contributed by atoms with E-state index in [9.17, 15) is 9.59 Å². The second-order valence-electron chi connectivity index (χ2n) is 5.54. The molecule has 0 atom stereocenters. The second kappa shape index (κ2) is 6.70. The summed E-state index contributed by atoms with van der Waals surface area (Å²) in [7, 11) is 1.60. The Morgan fingerprint density at radius 1 is 1.08 bits per heavy atom. The Hall–Kier alpha value is -2.89. The second-order valence-corrected chi connectivity index (χ2v) is 5.54. The molecule has 3 aromatic rings. The third-order valence-electron chi connectivity index (χ3n) is 3.93. The van der Waals surface area contributed by atoms with E-state index in [2.05, 4.69) is 4.98 Å². The van der Waals surface area contributed by atoms with E-state index < -0.39 is 0 Å². The molecular formula is C18H19N3O3. The van der Waals surface area contributed by atoms with Gasteiger partial charge in [-0.25, -0.2) is 9.78 Å². The highest BCUT2D eigenvalue weighted by molar-refractivity contribution is 5.73. The molecule has 3 rings (SSSR count). The molecule has 6 heteroatoms. The van der Waals surface area contributed by atoms with E-state index in [0.29, 0.717) is 17.6 Å². The van der Waals surface area contributed by atoms with Crippen LogP contribution in [0.5, 0.6) is 5.75 Å². The van der Waals surface area contributed by atoms with Crippen LogP contribution in [-0.4, -0.2) is 21.2 Å². The van der Waals surface area contributed by atoms with Crippen LogP contribution >= 0.6 is 0 Å². The van der Waals surface area contributed by atoms with Crippen molar-refractivity contribution in [3.05, 3.63) is 69.0 Å². The summed E-state index contributed by atoms with van der Waals surface area (Å²) in [5, 5.41) is 0. The molecule has 24 heavy (non-hydrogen) atoms. The monoisotopic (exact) mass is 325 g/mol. The minimum Gasteiger partial charge on any atom is -0.497 e. The fourth-order valence-corrected chi connectivity index (χ4v) is 2.74. The van der Waals surface area contributed by atoms with Crippen molar-refractivity contribution in [3.63, 3.8) is 0 Å². The van der Waals surface area contributed by atoms with Gasteiger partial charge in [-0.05, 0) is 36.2 Å². The van der Waals surface area contributed by atoms with Crippen molar-refractivity contribution >= 4 is 11.0 Å². The number of fused-ring (bicyclic) bond motifs is 1. The third kappa shape index (κ3) is 2.82. The SMILES string of the molecule is CCCn1c(=O)n(Cc2ccc(OC)cc2)c(=O)c2ncccc21. The molecular weight excluding hydrogens is 306 g/mol. The molecule has 0 aliphatic rings. The lowest BCUT2D eigenvalue weighted by molar-refractivity contribution is 0.414. The van der Waals surface area contributed by atoms with Gasteiger partial charge in [-0.1, -0.05) is 19.1 Å². The average Bonchev–Trinajstić information content (AvgIpc) is 2.63. The van der Waals surface area contributed by atoms with E-state index >= 15 is 0 Å². The Kier molecular flexibility index (Phi) is 4.46. The molecule has 2 heterocycles. The molecule has 2 aromatic heterocycles. The quantitative estimate of drug-likeness (QED) is 0.720. The van der Waals surface area contributed by atoms with E-state index in [1.807, 2.05) is 31.2 Å². The number of hydrogen-bond donors (Lipinski definition) is 0. The first-order valence-electron chi connectivity index (χ1n) is 7.87. The van der Waals surface area contributed by atoms with Gasteiger partial charge < -0.3 is 4.74 Å². The number of aromatic nitrogens is 3. The molecule has 0 fully saturated rings. The number of aryl methyl sites for hydroxylation is 1. The van der Waals surface area contributed by atoms with Gasteiger partial charge in [0.25, 0.3) is 5.56 Å². The third-order valence-corrected chi connectivity index (χ3v) is 3.93. The first-order chi connectivity index (χ1) is 11.7. The van der Waals surface area contributed by atoms with Crippen LogP contribution in [-0.2, 0) is 13.1 Å². The van der Waals surface area contributed by atoms with Crippen LogP contribution in [0.4, 0.5) is 0 Å². The molecule has 1 aromatic carbocycles. The standard InChI is InChI=1S/C18H19N3O3/c1-3-11-20-15-5-4-10-19-16(15)17(22)21(18(20)23)12-13-6-8-14(24-2)9-7-13/h4-10H,3,11-12H2,1-2H3. The van der Waals surface area contributed by atoms with E-state index in [1.165, 1.54) is 4.57 Å². The maximum Gasteiger partial charge on any atom is 0.331 e. The van der Waals surface area contributed by atoms with Gasteiger partial charge in [-0.15, -0.1) is 0 Å². The van der Waals surface area contributed by atoms with Crippen LogP contribution in [0.25, 0.3) is 11.0 Å². The number of benzene rings is 1. The molecule has 0 aliphatic carbocycles. The van der Waals surface area contributed by atoms with Gasteiger partial charge in [-0.2, -0.15) is 0 Å². The van der Waals surface area contributed by atoms with Gasteiger partial charge in [0.05, 0.1) is 19.2 Å². The fourth-order valence-electron chi connectivity index (χ4n) is 2.74. The van der Waals surface area contributed by atoms with Crippen molar-refractivity contribution in [2.45, 2.75) is 26.4 Å². The first-order valence-corrected chi connectivity index (χ1v) is 7.87. The summed E-state index contributed by atoms with van der Waals surface area (Å²) >= 11 is 0. The highest BCUT2D eigenvalue weighted by atomic mass is 16.5. The largest absolute Gasteiger partial charge is 0.497 e. The Morgan fingerprint density at radius 3 is 2.50 bits per heavy atom. The molecule has 0 N–H and O–H groups in total. The van der Waals surface area contributed by atoms with Crippen molar-refractivity contribution in [2.75, 3.05) is 7.11 Å². The number of methoxy groups -OCH3 is 1. The van der Waals surface area contributed by atoms with Crippen LogP contribution in [0, 0.1) is 0 Å². The molecule has 124 valence electrons. The van der Waals surface area contributed by atoms with E-state index in [4.69, 9.17) is 4.74 Å². The van der Waals surface area contributed by atoms with Crippen molar-refractivity contribution < 1.29 is 4.74 Å². The van der Waals surface area contributed by atoms with Gasteiger partial charge in [0, 0.05) is 12.7 Å². The minimum atomic E-state index is -0.362. The molecule has 0 saturated heterocycles. The van der Waals surface area contributed by atoms with Crippen LogP contribution in [0.15, 0.2) is 52.2 Å². The Morgan fingerprint density at radius 2 is 1.83 bits per heavy atom. The smallest absolute Gasteiger partial charge is 0.331 e. The van der Waals surface area contributed by atoms with Crippen molar-refractivity contribution in [2.24, 2.45) is 0 Å². The van der Waals surface area contributed by atoms with Gasteiger partial charge in [0.2, 0.25) is 0 Å². The van der Waals surface area contributed by atoms with Gasteiger partial charge in [-0.3, -0.25) is 13.9 Å². The summed E-state index contributed by atoms with van der Waals surface area (Å²) in [5.74, 6) is 0.731. The van der Waals surface area contributed by atoms with Gasteiger partial charge in [0.1, 0.15) is 5.75 Å². The topological polar surface area (TPSA) is 66.1 Å². The van der Waals surface area contributed by atoms with Gasteiger partial charge >= 0.3 is 5.69 Å². The minimum absolute atomic E-state index is 0.206. The zero-order valence-corrected chi connectivity index (χ0v) is 13.7. The zero-order chi connectivity index (χ0) is 17.1. The Balaban J connectivity index is 2.16. The van der Waals surface area contributed by atoms with E-state index in [-0.39, 0.29) is 17.8 Å². The van der Waals surface area contributed by atoms with Crippen LogP contribution in [0.3, 0.4) is 0 Å². The Bertz CT molecular complexity index is 971. The van der Waals surface area contributed by atoms with Crippen molar-refractivity contribution in [1.82, 2.24) is 14.1 Å². The maximum atomic E-state index is 12.8. The summed E-state index contributed by atoms with van der Waals surface area (Å²) in [6, 6.07) is 10.8. The number of rotatable bonds is 5. The van der Waals surface area contributed by atoms with E-state index in [0.717, 1.165) is 17.7 Å². The molecule has 0 radical (unpaired) electrons.